The van der Waals surface area contributed by atoms with Crippen molar-refractivity contribution in [2.75, 3.05) is 0 Å². The summed E-state index contributed by atoms with van der Waals surface area (Å²) in [7, 11) is 0. The molecule has 2 atom stereocenters. The Hall–Kier alpha value is -1.54. The lowest BCUT2D eigenvalue weighted by atomic mass is 9.74. The molecule has 1 aliphatic rings. The first-order chi connectivity index (χ1) is 8.79. The third-order valence-electron chi connectivity index (χ3n) is 4.00. The van der Waals surface area contributed by atoms with Crippen LogP contribution in [0.15, 0.2) is 41.0 Å². The largest absolute Gasteiger partial charge is 0.469 e. The van der Waals surface area contributed by atoms with Crippen molar-refractivity contribution in [2.24, 2.45) is 5.73 Å². The first-order valence-corrected chi connectivity index (χ1v) is 6.69. The molecule has 0 radical (unpaired) electrons. The quantitative estimate of drug-likeness (QED) is 0.888. The predicted molar refractivity (Wildman–Crippen MR) is 72.5 cm³/mol. The molecule has 3 rings (SSSR count). The third kappa shape index (κ3) is 1.87. The van der Waals surface area contributed by atoms with Crippen molar-refractivity contribution in [2.45, 2.75) is 38.1 Å². The molecule has 2 N–H and O–H groups in total. The van der Waals surface area contributed by atoms with E-state index in [1.165, 1.54) is 23.1 Å². The number of fused-ring (bicyclic) bond motifs is 1. The van der Waals surface area contributed by atoms with Crippen LogP contribution in [0.3, 0.4) is 0 Å². The van der Waals surface area contributed by atoms with E-state index in [0.29, 0.717) is 5.92 Å². The Bertz CT molecular complexity index is 544. The Balaban J connectivity index is 1.72. The van der Waals surface area contributed by atoms with Crippen LogP contribution in [0, 0.1) is 0 Å². The lowest BCUT2D eigenvalue weighted by Gasteiger charge is -2.32. The summed E-state index contributed by atoms with van der Waals surface area (Å²) in [6.45, 7) is 2.10. The zero-order chi connectivity index (χ0) is 12.5. The number of hydrogen-bond donors (Lipinski definition) is 1. The van der Waals surface area contributed by atoms with Gasteiger partial charge in [-0.2, -0.15) is 0 Å². The number of aryl methyl sites for hydroxylation is 1. The van der Waals surface area contributed by atoms with Gasteiger partial charge in [-0.1, -0.05) is 31.2 Å². The summed E-state index contributed by atoms with van der Waals surface area (Å²) >= 11 is 0. The minimum atomic E-state index is 0.0945. The standard InChI is InChI=1S/C16H19NO/c1-2-16-14(7-8-18-16)15(17)10-12-9-11-5-3-4-6-13(11)12/h3-8,12,15H,2,9-10,17H2,1H3. The molecule has 0 aliphatic heterocycles. The van der Waals surface area contributed by atoms with Gasteiger partial charge in [-0.3, -0.25) is 0 Å². The molecular weight excluding hydrogens is 222 g/mol. The number of furan rings is 1. The van der Waals surface area contributed by atoms with Crippen LogP contribution in [0.25, 0.3) is 0 Å². The van der Waals surface area contributed by atoms with E-state index in [-0.39, 0.29) is 6.04 Å². The van der Waals surface area contributed by atoms with Crippen molar-refractivity contribution in [3.63, 3.8) is 0 Å². The third-order valence-corrected chi connectivity index (χ3v) is 4.00. The van der Waals surface area contributed by atoms with Crippen molar-refractivity contribution in [1.82, 2.24) is 0 Å². The molecule has 0 saturated carbocycles. The van der Waals surface area contributed by atoms with Crippen LogP contribution < -0.4 is 5.73 Å². The van der Waals surface area contributed by atoms with Gasteiger partial charge in [-0.05, 0) is 36.0 Å². The van der Waals surface area contributed by atoms with Gasteiger partial charge in [0.05, 0.1) is 6.26 Å². The maximum atomic E-state index is 6.32. The monoisotopic (exact) mass is 241 g/mol. The summed E-state index contributed by atoms with van der Waals surface area (Å²) in [4.78, 5) is 0. The van der Waals surface area contributed by atoms with E-state index >= 15 is 0 Å². The Labute approximate surface area is 108 Å². The van der Waals surface area contributed by atoms with Gasteiger partial charge in [0.1, 0.15) is 5.76 Å². The summed E-state index contributed by atoms with van der Waals surface area (Å²) in [6.07, 6.45) is 4.85. The van der Waals surface area contributed by atoms with E-state index in [0.717, 1.165) is 18.6 Å². The van der Waals surface area contributed by atoms with Gasteiger partial charge in [-0.25, -0.2) is 0 Å². The topological polar surface area (TPSA) is 39.2 Å². The van der Waals surface area contributed by atoms with Gasteiger partial charge in [0.15, 0.2) is 0 Å². The zero-order valence-electron chi connectivity index (χ0n) is 10.7. The summed E-state index contributed by atoms with van der Waals surface area (Å²) in [5, 5.41) is 0. The van der Waals surface area contributed by atoms with E-state index in [2.05, 4.69) is 31.2 Å². The van der Waals surface area contributed by atoms with Gasteiger partial charge in [0, 0.05) is 18.0 Å². The van der Waals surface area contributed by atoms with Gasteiger partial charge in [0.2, 0.25) is 0 Å². The smallest absolute Gasteiger partial charge is 0.108 e. The lowest BCUT2D eigenvalue weighted by molar-refractivity contribution is 0.474. The van der Waals surface area contributed by atoms with E-state index in [1.807, 2.05) is 6.07 Å². The van der Waals surface area contributed by atoms with E-state index in [9.17, 15) is 0 Å². The molecule has 0 spiro atoms. The summed E-state index contributed by atoms with van der Waals surface area (Å²) in [6, 6.07) is 10.8. The highest BCUT2D eigenvalue weighted by molar-refractivity contribution is 5.40. The van der Waals surface area contributed by atoms with Gasteiger partial charge >= 0.3 is 0 Å². The maximum Gasteiger partial charge on any atom is 0.108 e. The fraction of sp³-hybridized carbons (Fsp3) is 0.375. The highest BCUT2D eigenvalue weighted by Gasteiger charge is 2.28. The van der Waals surface area contributed by atoms with Crippen LogP contribution in [0.5, 0.6) is 0 Å². The van der Waals surface area contributed by atoms with E-state index in [4.69, 9.17) is 10.2 Å². The van der Waals surface area contributed by atoms with Gasteiger partial charge in [-0.15, -0.1) is 0 Å². The van der Waals surface area contributed by atoms with Crippen LogP contribution in [0.4, 0.5) is 0 Å². The molecule has 0 bridgehead atoms. The van der Waals surface area contributed by atoms with E-state index in [1.54, 1.807) is 6.26 Å². The summed E-state index contributed by atoms with van der Waals surface area (Å²) in [5.74, 6) is 1.66. The number of rotatable bonds is 4. The second-order valence-electron chi connectivity index (χ2n) is 5.09. The highest BCUT2D eigenvalue weighted by atomic mass is 16.3. The second-order valence-corrected chi connectivity index (χ2v) is 5.09. The Morgan fingerprint density at radius 1 is 1.33 bits per heavy atom. The van der Waals surface area contributed by atoms with Crippen LogP contribution in [-0.4, -0.2) is 0 Å². The first kappa shape index (κ1) is 11.5. The molecule has 18 heavy (non-hydrogen) atoms. The Morgan fingerprint density at radius 2 is 2.17 bits per heavy atom. The Morgan fingerprint density at radius 3 is 2.94 bits per heavy atom. The van der Waals surface area contributed by atoms with Gasteiger partial charge in [0.25, 0.3) is 0 Å². The van der Waals surface area contributed by atoms with Crippen LogP contribution >= 0.6 is 0 Å². The minimum Gasteiger partial charge on any atom is -0.469 e. The van der Waals surface area contributed by atoms with Crippen LogP contribution in [-0.2, 0) is 12.8 Å². The summed E-state index contributed by atoms with van der Waals surface area (Å²) in [5.41, 5.74) is 10.5. The fourth-order valence-electron chi connectivity index (χ4n) is 2.97. The first-order valence-electron chi connectivity index (χ1n) is 6.69. The molecule has 94 valence electrons. The zero-order valence-corrected chi connectivity index (χ0v) is 10.7. The van der Waals surface area contributed by atoms with E-state index < -0.39 is 0 Å². The second kappa shape index (κ2) is 4.62. The molecule has 2 nitrogen and oxygen atoms in total. The molecule has 1 heterocycles. The molecule has 2 unspecified atom stereocenters. The molecule has 2 aromatic rings. The SMILES string of the molecule is CCc1occc1C(N)CC1Cc2ccccc21. The van der Waals surface area contributed by atoms with Crippen molar-refractivity contribution in [3.05, 3.63) is 59.0 Å². The molecule has 1 aromatic carbocycles. The molecular formula is C16H19NO. The lowest BCUT2D eigenvalue weighted by Crippen LogP contribution is -2.23. The molecule has 2 heteroatoms. The van der Waals surface area contributed by atoms with Crippen LogP contribution in [0.1, 0.15) is 47.8 Å². The molecule has 0 amide bonds. The van der Waals surface area contributed by atoms with Crippen molar-refractivity contribution >= 4 is 0 Å². The molecule has 0 saturated heterocycles. The number of hydrogen-bond acceptors (Lipinski definition) is 2. The molecule has 1 aromatic heterocycles. The van der Waals surface area contributed by atoms with Crippen molar-refractivity contribution < 1.29 is 4.42 Å². The van der Waals surface area contributed by atoms with Crippen LogP contribution in [0.2, 0.25) is 0 Å². The fourth-order valence-corrected chi connectivity index (χ4v) is 2.97. The van der Waals surface area contributed by atoms with Gasteiger partial charge < -0.3 is 10.2 Å². The average molecular weight is 241 g/mol. The Kier molecular flexibility index (Phi) is 2.96. The number of benzene rings is 1. The highest BCUT2D eigenvalue weighted by Crippen LogP contribution is 2.40. The predicted octanol–water partition coefficient (Wildman–Crippen LogP) is 3.57. The minimum absolute atomic E-state index is 0.0945. The molecule has 0 fully saturated rings. The molecule has 1 aliphatic carbocycles. The van der Waals surface area contributed by atoms with Crippen molar-refractivity contribution in [1.29, 1.82) is 0 Å². The number of nitrogens with two attached hydrogens (primary N) is 1. The maximum absolute atomic E-state index is 6.32. The normalized spacial score (nSPS) is 19.1. The average Bonchev–Trinajstić information content (AvgIpc) is 2.84. The van der Waals surface area contributed by atoms with Crippen molar-refractivity contribution in [3.8, 4) is 0 Å². The summed E-state index contributed by atoms with van der Waals surface area (Å²) < 4.78 is 5.46.